The maximum Gasteiger partial charge on any atom is 0.226 e. The Morgan fingerprint density at radius 1 is 1.39 bits per heavy atom. The minimum Gasteiger partial charge on any atom is -0.374 e. The molecule has 1 aliphatic heterocycles. The molecule has 5 heteroatoms. The fourth-order valence-electron chi connectivity index (χ4n) is 2.89. The van der Waals surface area contributed by atoms with Crippen molar-refractivity contribution in [1.82, 2.24) is 9.97 Å². The van der Waals surface area contributed by atoms with Crippen molar-refractivity contribution >= 4 is 5.95 Å². The van der Waals surface area contributed by atoms with Crippen LogP contribution < -0.4 is 4.90 Å². The van der Waals surface area contributed by atoms with Crippen molar-refractivity contribution in [2.75, 3.05) is 18.1 Å². The number of nitriles is 1. The summed E-state index contributed by atoms with van der Waals surface area (Å²) in [6.07, 6.45) is 6.70. The van der Waals surface area contributed by atoms with Gasteiger partial charge in [0.1, 0.15) is 11.8 Å². The summed E-state index contributed by atoms with van der Waals surface area (Å²) in [5, 5.41) is 8.91. The van der Waals surface area contributed by atoms with Gasteiger partial charge in [-0.1, -0.05) is 12.8 Å². The molecular formula is C13H16N4O. The molecule has 94 valence electrons. The summed E-state index contributed by atoms with van der Waals surface area (Å²) in [7, 11) is 0. The molecule has 18 heavy (non-hydrogen) atoms. The zero-order chi connectivity index (χ0) is 12.4. The number of ether oxygens (including phenoxy) is 1. The second-order valence-corrected chi connectivity index (χ2v) is 4.81. The monoisotopic (exact) mass is 244 g/mol. The Balaban J connectivity index is 1.87. The third kappa shape index (κ3) is 2.04. The molecule has 5 nitrogen and oxygen atoms in total. The van der Waals surface area contributed by atoms with Gasteiger partial charge in [0, 0.05) is 12.7 Å². The highest BCUT2D eigenvalue weighted by Gasteiger charge is 2.35. The van der Waals surface area contributed by atoms with Crippen molar-refractivity contribution in [2.24, 2.45) is 0 Å². The topological polar surface area (TPSA) is 62.0 Å². The largest absolute Gasteiger partial charge is 0.374 e. The van der Waals surface area contributed by atoms with E-state index >= 15 is 0 Å². The Kier molecular flexibility index (Phi) is 3.11. The summed E-state index contributed by atoms with van der Waals surface area (Å²) < 4.78 is 5.83. The van der Waals surface area contributed by atoms with E-state index in [0.29, 0.717) is 23.8 Å². The first-order chi connectivity index (χ1) is 8.88. The molecule has 2 fully saturated rings. The van der Waals surface area contributed by atoms with Crippen LogP contribution in [0.15, 0.2) is 12.3 Å². The highest BCUT2D eigenvalue weighted by Crippen LogP contribution is 2.30. The summed E-state index contributed by atoms with van der Waals surface area (Å²) in [6.45, 7) is 1.54. The van der Waals surface area contributed by atoms with Crippen molar-refractivity contribution in [1.29, 1.82) is 5.26 Å². The van der Waals surface area contributed by atoms with Crippen molar-refractivity contribution in [3.8, 4) is 6.07 Å². The number of nitrogens with zero attached hydrogens (tertiary/aromatic N) is 4. The van der Waals surface area contributed by atoms with Crippen molar-refractivity contribution in [3.05, 3.63) is 18.0 Å². The lowest BCUT2D eigenvalue weighted by atomic mass is 9.90. The fraction of sp³-hybridized carbons (Fsp3) is 0.615. The Labute approximate surface area is 106 Å². The van der Waals surface area contributed by atoms with E-state index in [4.69, 9.17) is 10.00 Å². The Hall–Kier alpha value is -1.67. The predicted octanol–water partition coefficient (Wildman–Crippen LogP) is 1.50. The van der Waals surface area contributed by atoms with Crippen LogP contribution in [0.25, 0.3) is 0 Å². The van der Waals surface area contributed by atoms with Gasteiger partial charge in [-0.25, -0.2) is 9.97 Å². The van der Waals surface area contributed by atoms with E-state index in [0.717, 1.165) is 26.0 Å². The van der Waals surface area contributed by atoms with Crippen LogP contribution in [0.3, 0.4) is 0 Å². The van der Waals surface area contributed by atoms with Crippen LogP contribution in [0, 0.1) is 11.3 Å². The summed E-state index contributed by atoms with van der Waals surface area (Å²) in [4.78, 5) is 10.8. The van der Waals surface area contributed by atoms with Gasteiger partial charge in [0.05, 0.1) is 18.8 Å². The molecule has 1 saturated carbocycles. The van der Waals surface area contributed by atoms with E-state index in [1.165, 1.54) is 12.8 Å². The molecule has 2 aliphatic rings. The summed E-state index contributed by atoms with van der Waals surface area (Å²) in [5.41, 5.74) is 0.429. The van der Waals surface area contributed by atoms with E-state index < -0.39 is 0 Å². The number of morpholine rings is 1. The lowest BCUT2D eigenvalue weighted by Gasteiger charge is -2.43. The highest BCUT2D eigenvalue weighted by molar-refractivity contribution is 5.36. The molecule has 1 saturated heterocycles. The number of hydrogen-bond acceptors (Lipinski definition) is 5. The third-order valence-electron chi connectivity index (χ3n) is 3.75. The van der Waals surface area contributed by atoms with Crippen molar-refractivity contribution in [2.45, 2.75) is 37.8 Å². The Morgan fingerprint density at radius 3 is 3.17 bits per heavy atom. The molecule has 0 amide bonds. The number of rotatable bonds is 1. The maximum absolute atomic E-state index is 8.91. The van der Waals surface area contributed by atoms with E-state index in [1.807, 2.05) is 0 Å². The Bertz CT molecular complexity index is 468. The molecule has 3 rings (SSSR count). The van der Waals surface area contributed by atoms with Crippen molar-refractivity contribution < 1.29 is 4.74 Å². The first kappa shape index (κ1) is 11.4. The SMILES string of the molecule is N#Cc1ccnc(N2CCOC3CCCCC32)n1. The smallest absolute Gasteiger partial charge is 0.226 e. The third-order valence-corrected chi connectivity index (χ3v) is 3.75. The van der Waals surface area contributed by atoms with Crippen LogP contribution in [-0.2, 0) is 4.74 Å². The molecule has 0 radical (unpaired) electrons. The summed E-state index contributed by atoms with van der Waals surface area (Å²) >= 11 is 0. The number of anilines is 1. The van der Waals surface area contributed by atoms with Gasteiger partial charge in [-0.3, -0.25) is 0 Å². The second-order valence-electron chi connectivity index (χ2n) is 4.81. The van der Waals surface area contributed by atoms with Crippen LogP contribution in [0.2, 0.25) is 0 Å². The fourth-order valence-corrected chi connectivity index (χ4v) is 2.89. The van der Waals surface area contributed by atoms with Gasteiger partial charge in [-0.2, -0.15) is 5.26 Å². The van der Waals surface area contributed by atoms with E-state index in [9.17, 15) is 0 Å². The average molecular weight is 244 g/mol. The second kappa shape index (κ2) is 4.91. The van der Waals surface area contributed by atoms with Gasteiger partial charge in [-0.05, 0) is 18.9 Å². The molecule has 2 atom stereocenters. The molecule has 0 N–H and O–H groups in total. The molecule has 0 aromatic carbocycles. The number of aromatic nitrogens is 2. The van der Waals surface area contributed by atoms with Gasteiger partial charge in [0.15, 0.2) is 0 Å². The first-order valence-electron chi connectivity index (χ1n) is 6.50. The quantitative estimate of drug-likeness (QED) is 0.749. The number of hydrogen-bond donors (Lipinski definition) is 0. The molecule has 0 spiro atoms. The summed E-state index contributed by atoms with van der Waals surface area (Å²) in [5.74, 6) is 0.675. The molecule has 1 aliphatic carbocycles. The zero-order valence-electron chi connectivity index (χ0n) is 10.2. The molecular weight excluding hydrogens is 228 g/mol. The number of fused-ring (bicyclic) bond motifs is 1. The molecule has 2 heterocycles. The maximum atomic E-state index is 8.91. The summed E-state index contributed by atoms with van der Waals surface area (Å²) in [6, 6.07) is 4.09. The van der Waals surface area contributed by atoms with E-state index in [-0.39, 0.29) is 0 Å². The van der Waals surface area contributed by atoms with Crippen LogP contribution in [0.1, 0.15) is 31.4 Å². The van der Waals surface area contributed by atoms with Crippen LogP contribution >= 0.6 is 0 Å². The van der Waals surface area contributed by atoms with Gasteiger partial charge in [-0.15, -0.1) is 0 Å². The van der Waals surface area contributed by atoms with Gasteiger partial charge >= 0.3 is 0 Å². The first-order valence-corrected chi connectivity index (χ1v) is 6.50. The molecule has 2 unspecified atom stereocenters. The van der Waals surface area contributed by atoms with E-state index in [2.05, 4.69) is 20.9 Å². The van der Waals surface area contributed by atoms with Gasteiger partial charge in [0.2, 0.25) is 5.95 Å². The lowest BCUT2D eigenvalue weighted by molar-refractivity contribution is -0.00932. The lowest BCUT2D eigenvalue weighted by Crippen LogP contribution is -2.53. The van der Waals surface area contributed by atoms with Crippen LogP contribution in [0.4, 0.5) is 5.95 Å². The minimum atomic E-state index is 0.307. The normalized spacial score (nSPS) is 27.4. The Morgan fingerprint density at radius 2 is 2.28 bits per heavy atom. The van der Waals surface area contributed by atoms with Gasteiger partial charge < -0.3 is 9.64 Å². The van der Waals surface area contributed by atoms with Crippen LogP contribution in [0.5, 0.6) is 0 Å². The van der Waals surface area contributed by atoms with E-state index in [1.54, 1.807) is 12.3 Å². The molecule has 1 aromatic heterocycles. The predicted molar refractivity (Wildman–Crippen MR) is 66.1 cm³/mol. The highest BCUT2D eigenvalue weighted by atomic mass is 16.5. The van der Waals surface area contributed by atoms with Crippen LogP contribution in [-0.4, -0.2) is 35.3 Å². The molecule has 0 bridgehead atoms. The standard InChI is InChI=1S/C13H16N4O/c14-9-10-5-6-15-13(16-10)17-7-8-18-12-4-2-1-3-11(12)17/h5-6,11-12H,1-4,7-8H2. The van der Waals surface area contributed by atoms with Crippen molar-refractivity contribution in [3.63, 3.8) is 0 Å². The zero-order valence-corrected chi connectivity index (χ0v) is 10.2. The average Bonchev–Trinajstić information content (AvgIpc) is 2.47. The molecule has 1 aromatic rings. The van der Waals surface area contributed by atoms with Gasteiger partial charge in [0.25, 0.3) is 0 Å². The minimum absolute atomic E-state index is 0.307.